The highest BCUT2D eigenvalue weighted by atomic mass is 35.5. The largest absolute Gasteiger partial charge is 0.433 e. The third kappa shape index (κ3) is 2.73. The SMILES string of the molecule is CC(C)(C)n1nc(Cl)c(C(F)(F)F)c1C(F)(F)F. The molecule has 0 aromatic carbocycles. The maximum absolute atomic E-state index is 12.8. The van der Waals surface area contributed by atoms with E-state index in [9.17, 15) is 26.3 Å². The monoisotopic (exact) mass is 294 g/mol. The lowest BCUT2D eigenvalue weighted by atomic mass is 10.1. The smallest absolute Gasteiger partial charge is 0.253 e. The van der Waals surface area contributed by atoms with E-state index in [2.05, 4.69) is 5.10 Å². The Morgan fingerprint density at radius 3 is 1.67 bits per heavy atom. The van der Waals surface area contributed by atoms with Gasteiger partial charge in [0.25, 0.3) is 0 Å². The fraction of sp³-hybridized carbons (Fsp3) is 0.667. The van der Waals surface area contributed by atoms with E-state index >= 15 is 0 Å². The Balaban J connectivity index is 3.70. The van der Waals surface area contributed by atoms with Crippen LogP contribution in [0.3, 0.4) is 0 Å². The zero-order chi connectivity index (χ0) is 14.5. The second-order valence-electron chi connectivity index (χ2n) is 4.59. The van der Waals surface area contributed by atoms with Crippen molar-refractivity contribution < 1.29 is 26.3 Å². The molecule has 104 valence electrons. The van der Waals surface area contributed by atoms with Crippen LogP contribution in [0.4, 0.5) is 26.3 Å². The van der Waals surface area contributed by atoms with Gasteiger partial charge in [0.1, 0.15) is 5.56 Å². The summed E-state index contributed by atoms with van der Waals surface area (Å²) in [6.07, 6.45) is -10.4. The second kappa shape index (κ2) is 4.04. The fourth-order valence-corrected chi connectivity index (χ4v) is 1.66. The van der Waals surface area contributed by atoms with E-state index in [0.29, 0.717) is 0 Å². The molecule has 1 aromatic heterocycles. The van der Waals surface area contributed by atoms with Gasteiger partial charge in [-0.3, -0.25) is 4.68 Å². The van der Waals surface area contributed by atoms with Gasteiger partial charge >= 0.3 is 12.4 Å². The van der Waals surface area contributed by atoms with Gasteiger partial charge in [0, 0.05) is 0 Å². The van der Waals surface area contributed by atoms with E-state index < -0.39 is 34.3 Å². The highest BCUT2D eigenvalue weighted by Crippen LogP contribution is 2.45. The lowest BCUT2D eigenvalue weighted by molar-refractivity contribution is -0.167. The molecule has 9 heteroatoms. The number of nitrogens with zero attached hydrogens (tertiary/aromatic N) is 2. The topological polar surface area (TPSA) is 17.8 Å². The van der Waals surface area contributed by atoms with Crippen LogP contribution in [-0.2, 0) is 17.9 Å². The first kappa shape index (κ1) is 15.1. The van der Waals surface area contributed by atoms with Crippen LogP contribution in [0.15, 0.2) is 0 Å². The summed E-state index contributed by atoms with van der Waals surface area (Å²) in [4.78, 5) is 0. The Bertz CT molecular complexity index is 451. The molecule has 0 fully saturated rings. The zero-order valence-corrected chi connectivity index (χ0v) is 10.3. The van der Waals surface area contributed by atoms with E-state index in [4.69, 9.17) is 11.6 Å². The molecule has 0 aliphatic heterocycles. The van der Waals surface area contributed by atoms with E-state index in [1.807, 2.05) is 0 Å². The highest BCUT2D eigenvalue weighted by molar-refractivity contribution is 6.30. The van der Waals surface area contributed by atoms with Crippen LogP contribution in [0.2, 0.25) is 5.15 Å². The van der Waals surface area contributed by atoms with Gasteiger partial charge in [-0.25, -0.2) is 0 Å². The van der Waals surface area contributed by atoms with Crippen LogP contribution in [0.5, 0.6) is 0 Å². The number of aromatic nitrogens is 2. The minimum Gasteiger partial charge on any atom is -0.253 e. The third-order valence-electron chi connectivity index (χ3n) is 2.03. The van der Waals surface area contributed by atoms with Crippen LogP contribution in [0.25, 0.3) is 0 Å². The van der Waals surface area contributed by atoms with Crippen LogP contribution in [0.1, 0.15) is 32.0 Å². The molecule has 0 unspecified atom stereocenters. The van der Waals surface area contributed by atoms with Crippen molar-refractivity contribution >= 4 is 11.6 Å². The normalized spacial score (nSPS) is 14.1. The van der Waals surface area contributed by atoms with Crippen LogP contribution in [-0.4, -0.2) is 9.78 Å². The lowest BCUT2D eigenvalue weighted by Crippen LogP contribution is -2.30. The molecule has 0 amide bonds. The van der Waals surface area contributed by atoms with E-state index in [1.165, 1.54) is 20.8 Å². The molecule has 0 aliphatic carbocycles. The zero-order valence-electron chi connectivity index (χ0n) is 9.54. The van der Waals surface area contributed by atoms with Gasteiger partial charge in [-0.05, 0) is 20.8 Å². The maximum Gasteiger partial charge on any atom is 0.433 e. The Labute approximate surface area is 104 Å². The molecule has 1 heterocycles. The number of hydrogen-bond acceptors (Lipinski definition) is 1. The van der Waals surface area contributed by atoms with Gasteiger partial charge in [0.05, 0.1) is 5.54 Å². The summed E-state index contributed by atoms with van der Waals surface area (Å²) in [6.45, 7) is 3.89. The quantitative estimate of drug-likeness (QED) is 0.651. The molecule has 0 radical (unpaired) electrons. The molecule has 18 heavy (non-hydrogen) atoms. The van der Waals surface area contributed by atoms with Gasteiger partial charge < -0.3 is 0 Å². The van der Waals surface area contributed by atoms with Crippen molar-refractivity contribution in [2.75, 3.05) is 0 Å². The van der Waals surface area contributed by atoms with Gasteiger partial charge in [-0.15, -0.1) is 0 Å². The minimum absolute atomic E-state index is 0.248. The molecule has 0 saturated carbocycles. The Morgan fingerprint density at radius 1 is 0.944 bits per heavy atom. The number of hydrogen-bond donors (Lipinski definition) is 0. The molecule has 0 atom stereocenters. The second-order valence-corrected chi connectivity index (χ2v) is 4.95. The van der Waals surface area contributed by atoms with Crippen LogP contribution in [0, 0.1) is 0 Å². The van der Waals surface area contributed by atoms with Crippen molar-refractivity contribution in [1.29, 1.82) is 0 Å². The van der Waals surface area contributed by atoms with Gasteiger partial charge in [-0.2, -0.15) is 31.4 Å². The Hall–Kier alpha value is -0.920. The molecule has 1 aromatic rings. The van der Waals surface area contributed by atoms with Crippen molar-refractivity contribution in [1.82, 2.24) is 9.78 Å². The number of alkyl halides is 6. The summed E-state index contributed by atoms with van der Waals surface area (Å²) in [5.41, 5.74) is -5.11. The summed E-state index contributed by atoms with van der Waals surface area (Å²) in [5.74, 6) is 0. The molecular weight excluding hydrogens is 286 g/mol. The van der Waals surface area contributed by atoms with Crippen LogP contribution >= 0.6 is 11.6 Å². The van der Waals surface area contributed by atoms with Crippen molar-refractivity contribution in [3.63, 3.8) is 0 Å². The molecule has 0 N–H and O–H groups in total. The van der Waals surface area contributed by atoms with Crippen molar-refractivity contribution in [3.05, 3.63) is 16.4 Å². The highest BCUT2D eigenvalue weighted by Gasteiger charge is 2.50. The third-order valence-corrected chi connectivity index (χ3v) is 2.29. The van der Waals surface area contributed by atoms with Gasteiger partial charge in [-0.1, -0.05) is 11.6 Å². The minimum atomic E-state index is -5.22. The lowest BCUT2D eigenvalue weighted by Gasteiger charge is -2.24. The van der Waals surface area contributed by atoms with E-state index in [-0.39, 0.29) is 4.68 Å². The molecule has 0 aliphatic rings. The average molecular weight is 295 g/mol. The summed E-state index contributed by atoms with van der Waals surface area (Å²) >= 11 is 5.19. The summed E-state index contributed by atoms with van der Waals surface area (Å²) in [6, 6.07) is 0. The molecule has 2 nitrogen and oxygen atoms in total. The van der Waals surface area contributed by atoms with Crippen molar-refractivity contribution in [2.45, 2.75) is 38.7 Å². The number of rotatable bonds is 0. The fourth-order valence-electron chi connectivity index (χ4n) is 1.39. The average Bonchev–Trinajstić information content (AvgIpc) is 2.39. The van der Waals surface area contributed by atoms with Crippen LogP contribution < -0.4 is 0 Å². The summed E-state index contributed by atoms with van der Waals surface area (Å²) in [5, 5.41) is 1.95. The summed E-state index contributed by atoms with van der Waals surface area (Å²) < 4.78 is 76.3. The molecule has 0 spiro atoms. The summed E-state index contributed by atoms with van der Waals surface area (Å²) in [7, 11) is 0. The molecular formula is C9H9ClF6N2. The van der Waals surface area contributed by atoms with Gasteiger partial charge in [0.15, 0.2) is 10.8 Å². The Morgan fingerprint density at radius 2 is 1.39 bits per heavy atom. The van der Waals surface area contributed by atoms with E-state index in [0.717, 1.165) is 0 Å². The predicted molar refractivity (Wildman–Crippen MR) is 52.2 cm³/mol. The first-order chi connectivity index (χ1) is 7.76. The number of halogens is 7. The molecule has 0 bridgehead atoms. The van der Waals surface area contributed by atoms with Crippen molar-refractivity contribution in [2.24, 2.45) is 0 Å². The standard InChI is InChI=1S/C9H9ClF6N2/c1-7(2,3)18-5(9(14,15)16)4(6(10)17-18)8(11,12)13/h1-3H3. The van der Waals surface area contributed by atoms with E-state index in [1.54, 1.807) is 0 Å². The first-order valence-corrected chi connectivity index (χ1v) is 5.07. The molecule has 1 rings (SSSR count). The van der Waals surface area contributed by atoms with Crippen molar-refractivity contribution in [3.8, 4) is 0 Å². The first-order valence-electron chi connectivity index (χ1n) is 4.69. The maximum atomic E-state index is 12.8. The van der Waals surface area contributed by atoms with Gasteiger partial charge in [0.2, 0.25) is 0 Å². The Kier molecular flexibility index (Phi) is 3.40. The predicted octanol–water partition coefficient (Wildman–Crippen LogP) is 4.33. The molecule has 0 saturated heterocycles.